The summed E-state index contributed by atoms with van der Waals surface area (Å²) in [6, 6.07) is 4.75. The predicted molar refractivity (Wildman–Crippen MR) is 77.5 cm³/mol. The van der Waals surface area contributed by atoms with E-state index in [1.54, 1.807) is 12.1 Å². The molecule has 1 aromatic rings. The molecule has 0 radical (unpaired) electrons. The van der Waals surface area contributed by atoms with Gasteiger partial charge in [-0.15, -0.1) is 0 Å². The summed E-state index contributed by atoms with van der Waals surface area (Å²) in [5.74, 6) is 0. The molecule has 0 saturated carbocycles. The maximum Gasteiger partial charge on any atom is 0.241 e. The minimum Gasteiger partial charge on any atom is -0.315 e. The molecule has 0 aliphatic carbocycles. The largest absolute Gasteiger partial charge is 0.315 e. The molecule has 0 aromatic heterocycles. The predicted octanol–water partition coefficient (Wildman–Crippen LogP) is 2.38. The molecule has 1 rings (SSSR count). The molecular weight excluding hydrogens is 340 g/mol. The highest BCUT2D eigenvalue weighted by molar-refractivity contribution is 9.10. The minimum absolute atomic E-state index is 0.158. The van der Waals surface area contributed by atoms with Gasteiger partial charge >= 0.3 is 0 Å². The van der Waals surface area contributed by atoms with E-state index in [4.69, 9.17) is 11.6 Å². The van der Waals surface area contributed by atoms with Crippen LogP contribution in [-0.4, -0.2) is 28.1 Å². The van der Waals surface area contributed by atoms with Crippen LogP contribution in [0.3, 0.4) is 0 Å². The smallest absolute Gasteiger partial charge is 0.241 e. The van der Waals surface area contributed by atoms with E-state index >= 15 is 0 Å². The van der Waals surface area contributed by atoms with Crippen LogP contribution in [0.1, 0.15) is 13.3 Å². The van der Waals surface area contributed by atoms with Crippen LogP contribution in [-0.2, 0) is 10.0 Å². The average molecular weight is 356 g/mol. The van der Waals surface area contributed by atoms with Crippen molar-refractivity contribution in [3.63, 3.8) is 0 Å². The van der Waals surface area contributed by atoms with E-state index in [9.17, 15) is 8.42 Å². The van der Waals surface area contributed by atoms with Crippen LogP contribution in [0.15, 0.2) is 27.6 Å². The zero-order valence-corrected chi connectivity index (χ0v) is 13.2. The van der Waals surface area contributed by atoms with Crippen LogP contribution >= 0.6 is 27.5 Å². The summed E-state index contributed by atoms with van der Waals surface area (Å²) in [4.78, 5) is 0.158. The normalized spacial score (nSPS) is 11.7. The Labute approximate surface area is 121 Å². The Morgan fingerprint density at radius 3 is 2.67 bits per heavy atom. The van der Waals surface area contributed by atoms with Gasteiger partial charge in [0.05, 0.1) is 14.4 Å². The molecule has 2 N–H and O–H groups in total. The van der Waals surface area contributed by atoms with Gasteiger partial charge in [0, 0.05) is 13.1 Å². The Balaban J connectivity index is 2.66. The third-order valence-corrected chi connectivity index (χ3v) is 5.39. The fraction of sp³-hybridized carbons (Fsp3) is 0.455. The fourth-order valence-electron chi connectivity index (χ4n) is 1.34. The quantitative estimate of drug-likeness (QED) is 0.738. The number of halogens is 2. The van der Waals surface area contributed by atoms with Crippen molar-refractivity contribution >= 4 is 37.6 Å². The molecule has 0 saturated heterocycles. The molecular formula is C11H16BrClN2O2S. The highest BCUT2D eigenvalue weighted by Crippen LogP contribution is 2.29. The number of sulfonamides is 1. The molecule has 1 aromatic carbocycles. The summed E-state index contributed by atoms with van der Waals surface area (Å²) in [7, 11) is -3.52. The second kappa shape index (κ2) is 7.45. The van der Waals surface area contributed by atoms with Gasteiger partial charge in [-0.25, -0.2) is 13.1 Å². The van der Waals surface area contributed by atoms with Crippen LogP contribution in [0.5, 0.6) is 0 Å². The van der Waals surface area contributed by atoms with E-state index in [0.717, 1.165) is 13.0 Å². The van der Waals surface area contributed by atoms with Gasteiger partial charge in [0.25, 0.3) is 0 Å². The third-order valence-electron chi connectivity index (χ3n) is 2.23. The van der Waals surface area contributed by atoms with Gasteiger partial charge in [0.1, 0.15) is 0 Å². The summed E-state index contributed by atoms with van der Waals surface area (Å²) in [5.41, 5.74) is 0. The van der Waals surface area contributed by atoms with Crippen molar-refractivity contribution in [1.29, 1.82) is 0 Å². The molecule has 102 valence electrons. The summed E-state index contributed by atoms with van der Waals surface area (Å²) >= 11 is 9.05. The Hall–Kier alpha value is -0.140. The molecule has 0 atom stereocenters. The standard InChI is InChI=1S/C11H16BrClN2O2S/c1-2-6-14-7-8-15-18(16,17)10-5-3-4-9(13)11(10)12/h3-5,14-15H,2,6-8H2,1H3. The van der Waals surface area contributed by atoms with Crippen LogP contribution in [0.25, 0.3) is 0 Å². The van der Waals surface area contributed by atoms with Crippen molar-refractivity contribution in [2.24, 2.45) is 0 Å². The minimum atomic E-state index is -3.52. The number of nitrogens with one attached hydrogen (secondary N) is 2. The molecule has 0 fully saturated rings. The molecule has 0 aliphatic heterocycles. The zero-order chi connectivity index (χ0) is 13.6. The second-order valence-corrected chi connectivity index (χ2v) is 6.64. The molecule has 0 unspecified atom stereocenters. The first-order valence-corrected chi connectivity index (χ1v) is 8.29. The zero-order valence-electron chi connectivity index (χ0n) is 10.0. The number of rotatable bonds is 7. The molecule has 0 aliphatic rings. The van der Waals surface area contributed by atoms with Gasteiger partial charge in [-0.05, 0) is 41.0 Å². The van der Waals surface area contributed by atoms with Crippen molar-refractivity contribution in [3.05, 3.63) is 27.7 Å². The number of hydrogen-bond acceptors (Lipinski definition) is 3. The van der Waals surface area contributed by atoms with Crippen molar-refractivity contribution in [2.75, 3.05) is 19.6 Å². The molecule has 0 amide bonds. The first kappa shape index (κ1) is 15.9. The van der Waals surface area contributed by atoms with E-state index in [2.05, 4.69) is 32.9 Å². The number of hydrogen-bond donors (Lipinski definition) is 2. The van der Waals surface area contributed by atoms with E-state index in [1.165, 1.54) is 6.07 Å². The SMILES string of the molecule is CCCNCCNS(=O)(=O)c1cccc(Cl)c1Br. The van der Waals surface area contributed by atoms with E-state index in [-0.39, 0.29) is 4.90 Å². The fourth-order valence-corrected chi connectivity index (χ4v) is 3.61. The summed E-state index contributed by atoms with van der Waals surface area (Å²) in [6.07, 6.45) is 1.02. The van der Waals surface area contributed by atoms with Crippen LogP contribution in [0, 0.1) is 0 Å². The van der Waals surface area contributed by atoms with Gasteiger partial charge in [-0.1, -0.05) is 24.6 Å². The van der Waals surface area contributed by atoms with Crippen molar-refractivity contribution < 1.29 is 8.42 Å². The van der Waals surface area contributed by atoms with Gasteiger partial charge in [-0.3, -0.25) is 0 Å². The van der Waals surface area contributed by atoms with Crippen molar-refractivity contribution in [2.45, 2.75) is 18.2 Å². The molecule has 0 heterocycles. The maximum atomic E-state index is 12.0. The Kier molecular flexibility index (Phi) is 6.59. The molecule has 0 bridgehead atoms. The van der Waals surface area contributed by atoms with Crippen LogP contribution in [0.4, 0.5) is 0 Å². The highest BCUT2D eigenvalue weighted by Gasteiger charge is 2.18. The Bertz CT molecular complexity index is 494. The molecule has 7 heteroatoms. The molecule has 4 nitrogen and oxygen atoms in total. The monoisotopic (exact) mass is 354 g/mol. The number of benzene rings is 1. The topological polar surface area (TPSA) is 58.2 Å². The maximum absolute atomic E-state index is 12.0. The Morgan fingerprint density at radius 2 is 2.00 bits per heavy atom. The summed E-state index contributed by atoms with van der Waals surface area (Å²) < 4.78 is 26.9. The lowest BCUT2D eigenvalue weighted by atomic mass is 10.4. The van der Waals surface area contributed by atoms with Crippen molar-refractivity contribution in [1.82, 2.24) is 10.0 Å². The van der Waals surface area contributed by atoms with Crippen LogP contribution < -0.4 is 10.0 Å². The highest BCUT2D eigenvalue weighted by atomic mass is 79.9. The van der Waals surface area contributed by atoms with Crippen LogP contribution in [0.2, 0.25) is 5.02 Å². The van der Waals surface area contributed by atoms with E-state index < -0.39 is 10.0 Å². The second-order valence-electron chi connectivity index (χ2n) is 3.70. The lowest BCUT2D eigenvalue weighted by molar-refractivity contribution is 0.575. The lowest BCUT2D eigenvalue weighted by Crippen LogP contribution is -2.32. The first-order valence-electron chi connectivity index (χ1n) is 5.63. The third kappa shape index (κ3) is 4.51. The van der Waals surface area contributed by atoms with Gasteiger partial charge in [0.2, 0.25) is 10.0 Å². The van der Waals surface area contributed by atoms with Gasteiger partial charge in [0.15, 0.2) is 0 Å². The molecule has 0 spiro atoms. The Morgan fingerprint density at radius 1 is 1.28 bits per heavy atom. The van der Waals surface area contributed by atoms with Crippen molar-refractivity contribution in [3.8, 4) is 0 Å². The van der Waals surface area contributed by atoms with Gasteiger partial charge in [-0.2, -0.15) is 0 Å². The average Bonchev–Trinajstić information content (AvgIpc) is 2.32. The molecule has 18 heavy (non-hydrogen) atoms. The van der Waals surface area contributed by atoms with E-state index in [1.807, 2.05) is 0 Å². The van der Waals surface area contributed by atoms with E-state index in [0.29, 0.717) is 22.6 Å². The first-order chi connectivity index (χ1) is 8.49. The van der Waals surface area contributed by atoms with Gasteiger partial charge < -0.3 is 5.32 Å². The summed E-state index contributed by atoms with van der Waals surface area (Å²) in [6.45, 7) is 3.88. The lowest BCUT2D eigenvalue weighted by Gasteiger charge is -2.09. The summed E-state index contributed by atoms with van der Waals surface area (Å²) in [5, 5.41) is 3.50.